The molecule has 4 rings (SSSR count). The third kappa shape index (κ3) is 3.68. The van der Waals surface area contributed by atoms with Crippen molar-refractivity contribution in [3.05, 3.63) is 29.6 Å². The van der Waals surface area contributed by atoms with Crippen molar-refractivity contribution >= 4 is 5.95 Å². The van der Waals surface area contributed by atoms with Gasteiger partial charge in [-0.3, -0.25) is 9.47 Å². The molecule has 2 unspecified atom stereocenters. The zero-order valence-corrected chi connectivity index (χ0v) is 16.9. The van der Waals surface area contributed by atoms with E-state index < -0.39 is 0 Å². The lowest BCUT2D eigenvalue weighted by Crippen LogP contribution is -2.47. The number of hydrogen-bond acceptors (Lipinski definition) is 6. The van der Waals surface area contributed by atoms with Crippen LogP contribution in [0.2, 0.25) is 0 Å². The van der Waals surface area contributed by atoms with Crippen molar-refractivity contribution in [3.8, 4) is 11.8 Å². The first-order chi connectivity index (χ1) is 13.5. The van der Waals surface area contributed by atoms with Crippen LogP contribution in [0.15, 0.2) is 18.5 Å². The maximum Gasteiger partial charge on any atom is 0.225 e. The summed E-state index contributed by atoms with van der Waals surface area (Å²) in [5, 5.41) is 21.3. The SMILES string of the molecule is CC1Cc2c(c(O)n(CCCN3CCN(c4ncccn4)CC3)c2O)CC1C. The zero-order valence-electron chi connectivity index (χ0n) is 16.9. The second-order valence-electron chi connectivity index (χ2n) is 8.35. The predicted octanol–water partition coefficient (Wildman–Crippen LogP) is 2.27. The molecule has 0 amide bonds. The fourth-order valence-electron chi connectivity index (χ4n) is 4.46. The minimum absolute atomic E-state index is 0.275. The molecule has 3 heterocycles. The molecule has 1 saturated heterocycles. The monoisotopic (exact) mass is 385 g/mol. The highest BCUT2D eigenvalue weighted by Gasteiger charge is 2.31. The summed E-state index contributed by atoms with van der Waals surface area (Å²) in [5.41, 5.74) is 1.92. The van der Waals surface area contributed by atoms with Gasteiger partial charge in [-0.25, -0.2) is 9.97 Å². The molecule has 2 aliphatic rings. The fraction of sp³-hybridized carbons (Fsp3) is 0.619. The van der Waals surface area contributed by atoms with Crippen LogP contribution in [0.1, 0.15) is 31.4 Å². The van der Waals surface area contributed by atoms with Crippen molar-refractivity contribution in [2.45, 2.75) is 39.7 Å². The number of piperazine rings is 1. The first-order valence-electron chi connectivity index (χ1n) is 10.4. The van der Waals surface area contributed by atoms with E-state index in [2.05, 4.69) is 33.6 Å². The van der Waals surface area contributed by atoms with Crippen LogP contribution >= 0.6 is 0 Å². The molecule has 1 aliphatic carbocycles. The van der Waals surface area contributed by atoms with Gasteiger partial charge in [-0.2, -0.15) is 0 Å². The van der Waals surface area contributed by atoms with Crippen LogP contribution in [0.3, 0.4) is 0 Å². The summed E-state index contributed by atoms with van der Waals surface area (Å²) >= 11 is 0. The highest BCUT2D eigenvalue weighted by molar-refractivity contribution is 5.47. The van der Waals surface area contributed by atoms with E-state index in [-0.39, 0.29) is 11.8 Å². The molecule has 0 spiro atoms. The van der Waals surface area contributed by atoms with Crippen LogP contribution in [0.25, 0.3) is 0 Å². The van der Waals surface area contributed by atoms with E-state index in [4.69, 9.17) is 0 Å². The Morgan fingerprint density at radius 2 is 1.46 bits per heavy atom. The van der Waals surface area contributed by atoms with Crippen LogP contribution in [0, 0.1) is 11.8 Å². The molecule has 28 heavy (non-hydrogen) atoms. The van der Waals surface area contributed by atoms with Gasteiger partial charge in [0.25, 0.3) is 0 Å². The largest absolute Gasteiger partial charge is 0.494 e. The molecule has 0 saturated carbocycles. The summed E-state index contributed by atoms with van der Waals surface area (Å²) in [6.45, 7) is 9.86. The van der Waals surface area contributed by atoms with E-state index in [0.717, 1.165) is 69.1 Å². The van der Waals surface area contributed by atoms with Gasteiger partial charge in [-0.15, -0.1) is 0 Å². The molecule has 2 aromatic heterocycles. The topological polar surface area (TPSA) is 77.7 Å². The Balaban J connectivity index is 1.30. The van der Waals surface area contributed by atoms with Crippen LogP contribution in [-0.2, 0) is 19.4 Å². The van der Waals surface area contributed by atoms with Gasteiger partial charge in [-0.05, 0) is 43.7 Å². The van der Waals surface area contributed by atoms with Gasteiger partial charge in [0.15, 0.2) is 11.8 Å². The second-order valence-corrected chi connectivity index (χ2v) is 8.35. The molecule has 0 aromatic carbocycles. The maximum absolute atomic E-state index is 10.6. The van der Waals surface area contributed by atoms with Crippen molar-refractivity contribution in [1.82, 2.24) is 19.4 Å². The van der Waals surface area contributed by atoms with E-state index in [9.17, 15) is 10.2 Å². The Kier molecular flexibility index (Phi) is 5.44. The molecule has 1 fully saturated rings. The van der Waals surface area contributed by atoms with Crippen molar-refractivity contribution in [1.29, 1.82) is 0 Å². The average molecular weight is 386 g/mol. The number of aromatic nitrogens is 3. The standard InChI is InChI=1S/C21H31N5O2/c1-15-13-17-18(14-16(15)2)20(28)26(19(17)27)8-4-7-24-9-11-25(12-10-24)21-22-5-3-6-23-21/h3,5-6,15-16,27-28H,4,7-14H2,1-2H3. The predicted molar refractivity (Wildman–Crippen MR) is 109 cm³/mol. The quantitative estimate of drug-likeness (QED) is 0.822. The third-order valence-electron chi connectivity index (χ3n) is 6.50. The van der Waals surface area contributed by atoms with Crippen molar-refractivity contribution in [3.63, 3.8) is 0 Å². The van der Waals surface area contributed by atoms with Gasteiger partial charge in [0.05, 0.1) is 0 Å². The van der Waals surface area contributed by atoms with Crippen molar-refractivity contribution in [2.75, 3.05) is 37.6 Å². The molecule has 7 nitrogen and oxygen atoms in total. The molecular formula is C21H31N5O2. The van der Waals surface area contributed by atoms with Crippen LogP contribution in [-0.4, -0.2) is 62.4 Å². The summed E-state index contributed by atoms with van der Waals surface area (Å²) < 4.78 is 1.71. The number of rotatable bonds is 5. The first-order valence-corrected chi connectivity index (χ1v) is 10.4. The van der Waals surface area contributed by atoms with E-state index >= 15 is 0 Å². The Morgan fingerprint density at radius 1 is 0.893 bits per heavy atom. The smallest absolute Gasteiger partial charge is 0.225 e. The lowest BCUT2D eigenvalue weighted by molar-refractivity contribution is 0.245. The van der Waals surface area contributed by atoms with Gasteiger partial charge in [-0.1, -0.05) is 13.8 Å². The first kappa shape index (κ1) is 19.1. The van der Waals surface area contributed by atoms with Crippen LogP contribution < -0.4 is 4.90 Å². The number of aromatic hydroxyl groups is 2. The van der Waals surface area contributed by atoms with Gasteiger partial charge in [0.2, 0.25) is 5.95 Å². The summed E-state index contributed by atoms with van der Waals surface area (Å²) in [6.07, 6.45) is 6.18. The number of fused-ring (bicyclic) bond motifs is 1. The molecule has 7 heteroatoms. The van der Waals surface area contributed by atoms with Crippen LogP contribution in [0.5, 0.6) is 11.8 Å². The minimum atomic E-state index is 0.275. The zero-order chi connectivity index (χ0) is 19.7. The molecular weight excluding hydrogens is 354 g/mol. The Hall–Kier alpha value is -2.28. The van der Waals surface area contributed by atoms with Gasteiger partial charge in [0, 0.05) is 56.2 Å². The number of anilines is 1. The van der Waals surface area contributed by atoms with E-state index in [1.807, 2.05) is 6.07 Å². The lowest BCUT2D eigenvalue weighted by Gasteiger charge is -2.34. The third-order valence-corrected chi connectivity index (χ3v) is 6.50. The summed E-state index contributed by atoms with van der Waals surface area (Å²) in [7, 11) is 0. The minimum Gasteiger partial charge on any atom is -0.494 e. The van der Waals surface area contributed by atoms with E-state index in [0.29, 0.717) is 18.4 Å². The molecule has 2 atom stereocenters. The van der Waals surface area contributed by atoms with Crippen molar-refractivity contribution in [2.24, 2.45) is 11.8 Å². The normalized spacial score (nSPS) is 23.0. The summed E-state index contributed by atoms with van der Waals surface area (Å²) in [5.74, 6) is 2.44. The Morgan fingerprint density at radius 3 is 2.04 bits per heavy atom. The van der Waals surface area contributed by atoms with Gasteiger partial charge >= 0.3 is 0 Å². The average Bonchev–Trinajstić information content (AvgIpc) is 2.94. The molecule has 2 aromatic rings. The van der Waals surface area contributed by atoms with Crippen LogP contribution in [0.4, 0.5) is 5.95 Å². The molecule has 1 aliphatic heterocycles. The maximum atomic E-state index is 10.6. The van der Waals surface area contributed by atoms with E-state index in [1.54, 1.807) is 17.0 Å². The van der Waals surface area contributed by atoms with Crippen molar-refractivity contribution < 1.29 is 10.2 Å². The molecule has 0 radical (unpaired) electrons. The van der Waals surface area contributed by atoms with Gasteiger partial charge < -0.3 is 15.1 Å². The Labute approximate surface area is 166 Å². The molecule has 0 bridgehead atoms. The summed E-state index contributed by atoms with van der Waals surface area (Å²) in [4.78, 5) is 13.3. The highest BCUT2D eigenvalue weighted by atomic mass is 16.3. The number of nitrogens with zero attached hydrogens (tertiary/aromatic N) is 5. The highest BCUT2D eigenvalue weighted by Crippen LogP contribution is 2.42. The van der Waals surface area contributed by atoms with Gasteiger partial charge in [0.1, 0.15) is 0 Å². The number of hydrogen-bond donors (Lipinski definition) is 2. The fourth-order valence-corrected chi connectivity index (χ4v) is 4.46. The second kappa shape index (κ2) is 7.99. The molecule has 2 N–H and O–H groups in total. The molecule has 152 valence electrons. The summed E-state index contributed by atoms with van der Waals surface area (Å²) in [6, 6.07) is 1.84. The lowest BCUT2D eigenvalue weighted by atomic mass is 9.79. The Bertz CT molecular complexity index is 765. The van der Waals surface area contributed by atoms with E-state index in [1.165, 1.54) is 0 Å².